The van der Waals surface area contributed by atoms with E-state index in [2.05, 4.69) is 9.88 Å². The molecule has 1 fully saturated rings. The summed E-state index contributed by atoms with van der Waals surface area (Å²) in [6.07, 6.45) is 2.82. The van der Waals surface area contributed by atoms with Gasteiger partial charge in [0.05, 0.1) is 18.7 Å². The van der Waals surface area contributed by atoms with Crippen LogP contribution in [0.5, 0.6) is 0 Å². The summed E-state index contributed by atoms with van der Waals surface area (Å²) in [5, 5.41) is 0.675. The Labute approximate surface area is 116 Å². The zero-order valence-electron chi connectivity index (χ0n) is 11.1. The summed E-state index contributed by atoms with van der Waals surface area (Å²) in [4.78, 5) is 19.7. The number of nitrogens with zero attached hydrogens (tertiary/aromatic N) is 2. The fourth-order valence-corrected chi connectivity index (χ4v) is 4.26. The van der Waals surface area contributed by atoms with E-state index in [0.717, 1.165) is 19.5 Å². The molecule has 0 amide bonds. The molecular formula is C13H19N3O2S. The maximum absolute atomic E-state index is 11.5. The smallest absolute Gasteiger partial charge is 0.307 e. The predicted octanol–water partition coefficient (Wildman–Crippen LogP) is 1.91. The minimum atomic E-state index is -0.104. The van der Waals surface area contributed by atoms with E-state index in [4.69, 9.17) is 10.5 Å². The zero-order chi connectivity index (χ0) is 13.4. The summed E-state index contributed by atoms with van der Waals surface area (Å²) in [6, 6.07) is 0.407. The second-order valence-corrected chi connectivity index (χ2v) is 6.20. The van der Waals surface area contributed by atoms with Gasteiger partial charge in [0.1, 0.15) is 0 Å². The average molecular weight is 281 g/mol. The van der Waals surface area contributed by atoms with Crippen molar-refractivity contribution >= 4 is 22.4 Å². The molecule has 1 aliphatic carbocycles. The van der Waals surface area contributed by atoms with Gasteiger partial charge in [0, 0.05) is 29.9 Å². The number of esters is 1. The van der Waals surface area contributed by atoms with Gasteiger partial charge in [-0.1, -0.05) is 0 Å². The Morgan fingerprint density at radius 2 is 2.42 bits per heavy atom. The number of thiazole rings is 1. The molecule has 0 aromatic carbocycles. The van der Waals surface area contributed by atoms with Crippen LogP contribution in [-0.2, 0) is 9.53 Å². The molecule has 6 heteroatoms. The highest BCUT2D eigenvalue weighted by Crippen LogP contribution is 2.49. The fraction of sp³-hybridized carbons (Fsp3) is 0.692. The van der Waals surface area contributed by atoms with E-state index >= 15 is 0 Å². The van der Waals surface area contributed by atoms with E-state index in [1.54, 1.807) is 11.3 Å². The molecule has 3 heterocycles. The summed E-state index contributed by atoms with van der Waals surface area (Å²) in [6.45, 7) is 4.07. The van der Waals surface area contributed by atoms with Crippen LogP contribution in [0.25, 0.3) is 0 Å². The minimum absolute atomic E-state index is 0.104. The van der Waals surface area contributed by atoms with Gasteiger partial charge in [-0.25, -0.2) is 4.98 Å². The van der Waals surface area contributed by atoms with Crippen LogP contribution >= 0.6 is 11.3 Å². The lowest BCUT2D eigenvalue weighted by Crippen LogP contribution is -2.42. The fourth-order valence-electron chi connectivity index (χ4n) is 3.17. The maximum atomic E-state index is 11.5. The van der Waals surface area contributed by atoms with E-state index < -0.39 is 0 Å². The lowest BCUT2D eigenvalue weighted by molar-refractivity contribution is -0.143. The summed E-state index contributed by atoms with van der Waals surface area (Å²) >= 11 is 1.61. The van der Waals surface area contributed by atoms with Crippen LogP contribution in [0.1, 0.15) is 48.7 Å². The first kappa shape index (κ1) is 12.9. The number of hydrogen-bond acceptors (Lipinski definition) is 6. The number of carbonyl (C=O) groups is 1. The molecule has 0 radical (unpaired) electrons. The van der Waals surface area contributed by atoms with Crippen molar-refractivity contribution in [2.45, 2.75) is 38.1 Å². The first-order valence-corrected chi connectivity index (χ1v) is 7.66. The largest absolute Gasteiger partial charge is 0.466 e. The van der Waals surface area contributed by atoms with Crippen molar-refractivity contribution in [1.29, 1.82) is 0 Å². The van der Waals surface area contributed by atoms with Gasteiger partial charge < -0.3 is 10.5 Å². The molecule has 3 aliphatic rings. The zero-order valence-corrected chi connectivity index (χ0v) is 11.9. The number of rotatable bonds is 4. The monoisotopic (exact) mass is 281 g/mol. The van der Waals surface area contributed by atoms with Crippen molar-refractivity contribution < 1.29 is 9.53 Å². The maximum Gasteiger partial charge on any atom is 0.307 e. The number of fused-ring (bicyclic) bond motifs is 2. The van der Waals surface area contributed by atoms with Gasteiger partial charge in [-0.05, 0) is 19.8 Å². The van der Waals surface area contributed by atoms with Crippen LogP contribution in [0, 0.1) is 0 Å². The van der Waals surface area contributed by atoms with Gasteiger partial charge in [-0.3, -0.25) is 9.69 Å². The molecule has 2 N–H and O–H groups in total. The van der Waals surface area contributed by atoms with Crippen molar-refractivity contribution in [3.63, 3.8) is 0 Å². The molecule has 19 heavy (non-hydrogen) atoms. The number of nitrogen functional groups attached to an aromatic ring is 1. The van der Waals surface area contributed by atoms with Crippen LogP contribution in [0.4, 0.5) is 5.13 Å². The highest BCUT2D eigenvalue weighted by Gasteiger charge is 2.40. The molecule has 0 spiro atoms. The highest BCUT2D eigenvalue weighted by molar-refractivity contribution is 7.15. The number of anilines is 1. The van der Waals surface area contributed by atoms with Gasteiger partial charge in [0.2, 0.25) is 0 Å². The minimum Gasteiger partial charge on any atom is -0.466 e. The van der Waals surface area contributed by atoms with Gasteiger partial charge in [0.15, 0.2) is 5.13 Å². The summed E-state index contributed by atoms with van der Waals surface area (Å²) < 4.78 is 4.99. The number of hydrogen-bond donors (Lipinski definition) is 1. The van der Waals surface area contributed by atoms with Crippen molar-refractivity contribution in [1.82, 2.24) is 9.88 Å². The highest BCUT2D eigenvalue weighted by atomic mass is 32.1. The Hall–Kier alpha value is -1.14. The normalized spacial score (nSPS) is 25.3. The lowest BCUT2D eigenvalue weighted by Gasteiger charge is -2.44. The summed E-state index contributed by atoms with van der Waals surface area (Å²) in [7, 11) is 0. The SMILES string of the molecule is CCOC(=O)CCN1CC2CCC1c1sc(N)nc12. The van der Waals surface area contributed by atoms with Crippen molar-refractivity contribution in [3.05, 3.63) is 10.6 Å². The lowest BCUT2D eigenvalue weighted by atomic mass is 9.82. The van der Waals surface area contributed by atoms with Gasteiger partial charge in [-0.2, -0.15) is 0 Å². The molecule has 2 bridgehead atoms. The first-order valence-electron chi connectivity index (χ1n) is 6.84. The van der Waals surface area contributed by atoms with Crippen molar-refractivity contribution in [3.8, 4) is 0 Å². The second-order valence-electron chi connectivity index (χ2n) is 5.14. The van der Waals surface area contributed by atoms with E-state index in [1.165, 1.54) is 17.0 Å². The Kier molecular flexibility index (Phi) is 3.45. The summed E-state index contributed by atoms with van der Waals surface area (Å²) in [5.74, 6) is 0.392. The molecule has 1 aromatic heterocycles. The standard InChI is InChI=1S/C13H19N3O2S/c1-2-18-10(17)5-6-16-7-8-3-4-9(16)12-11(8)15-13(14)19-12/h8-9H,2-7H2,1H3,(H2,14,15). The molecule has 2 unspecified atom stereocenters. The van der Waals surface area contributed by atoms with Crippen LogP contribution in [0.2, 0.25) is 0 Å². The Balaban J connectivity index is 1.69. The van der Waals surface area contributed by atoms with E-state index in [0.29, 0.717) is 30.1 Å². The Morgan fingerprint density at radius 1 is 1.58 bits per heavy atom. The van der Waals surface area contributed by atoms with E-state index in [9.17, 15) is 4.79 Å². The third-order valence-corrected chi connectivity index (χ3v) is 4.98. The number of ether oxygens (including phenoxy) is 1. The number of aromatic nitrogens is 1. The summed E-state index contributed by atoms with van der Waals surface area (Å²) in [5.41, 5.74) is 7.05. The average Bonchev–Trinajstić information content (AvgIpc) is 2.80. The predicted molar refractivity (Wildman–Crippen MR) is 74.1 cm³/mol. The van der Waals surface area contributed by atoms with Crippen LogP contribution in [0.15, 0.2) is 0 Å². The third kappa shape index (κ3) is 2.34. The molecule has 4 rings (SSSR count). The molecule has 104 valence electrons. The number of nitrogens with two attached hydrogens (primary N) is 1. The molecule has 2 atom stereocenters. The van der Waals surface area contributed by atoms with E-state index in [1.807, 2.05) is 6.92 Å². The molecule has 1 aromatic rings. The number of piperidine rings is 1. The molecular weight excluding hydrogens is 262 g/mol. The van der Waals surface area contributed by atoms with Gasteiger partial charge in [-0.15, -0.1) is 11.3 Å². The topological polar surface area (TPSA) is 68.5 Å². The Morgan fingerprint density at radius 3 is 3.21 bits per heavy atom. The van der Waals surface area contributed by atoms with Gasteiger partial charge in [0.25, 0.3) is 0 Å². The first-order chi connectivity index (χ1) is 9.19. The van der Waals surface area contributed by atoms with Crippen LogP contribution in [0.3, 0.4) is 0 Å². The second kappa shape index (κ2) is 5.09. The van der Waals surface area contributed by atoms with Crippen molar-refractivity contribution in [2.24, 2.45) is 0 Å². The van der Waals surface area contributed by atoms with Crippen LogP contribution < -0.4 is 5.73 Å². The van der Waals surface area contributed by atoms with E-state index in [-0.39, 0.29) is 5.97 Å². The Bertz CT molecular complexity index is 488. The van der Waals surface area contributed by atoms with Crippen LogP contribution in [-0.4, -0.2) is 35.5 Å². The van der Waals surface area contributed by atoms with Crippen molar-refractivity contribution in [2.75, 3.05) is 25.4 Å². The molecule has 1 saturated heterocycles. The third-order valence-electron chi connectivity index (χ3n) is 3.98. The molecule has 5 nitrogen and oxygen atoms in total. The molecule has 0 saturated carbocycles. The molecule has 2 aliphatic heterocycles. The quantitative estimate of drug-likeness (QED) is 0.854. The number of carbonyl (C=O) groups excluding carboxylic acids is 1. The van der Waals surface area contributed by atoms with Gasteiger partial charge >= 0.3 is 5.97 Å².